The van der Waals surface area contributed by atoms with Gasteiger partial charge in [0.25, 0.3) is 5.91 Å². The number of piperidine rings is 1. The molecule has 11 N–H and O–H groups in total. The molecule has 1 unspecified atom stereocenters. The van der Waals surface area contributed by atoms with Crippen LogP contribution in [-0.2, 0) is 20.8 Å². The SMILES string of the molecule is Cc1ccc(C(=O)NC2CCNC(=O)C2)cc1-c1ccc(C[C@H](NC(=O)C2CCC(CN)CC2)C(=O)Nc2ccc(/C(N)=N/NN)cc2)cc1. The first-order valence-corrected chi connectivity index (χ1v) is 17.1. The summed E-state index contributed by atoms with van der Waals surface area (Å²) in [5, 5.41) is 15.5. The maximum Gasteiger partial charge on any atom is 0.251 e. The number of nitrogens with zero attached hydrogens (tertiary/aromatic N) is 1. The molecule has 5 rings (SSSR count). The van der Waals surface area contributed by atoms with Crippen molar-refractivity contribution in [1.82, 2.24) is 21.5 Å². The summed E-state index contributed by atoms with van der Waals surface area (Å²) in [7, 11) is 0. The zero-order valence-corrected chi connectivity index (χ0v) is 28.3. The molecule has 264 valence electrons. The summed E-state index contributed by atoms with van der Waals surface area (Å²) in [6, 6.07) is 19.1. The zero-order chi connectivity index (χ0) is 35.6. The topological polar surface area (TPSA) is 219 Å². The van der Waals surface area contributed by atoms with Gasteiger partial charge in [-0.1, -0.05) is 30.3 Å². The summed E-state index contributed by atoms with van der Waals surface area (Å²) in [4.78, 5) is 51.9. The lowest BCUT2D eigenvalue weighted by atomic mass is 9.81. The Kier molecular flexibility index (Phi) is 12.2. The number of hydrogen-bond donors (Lipinski definition) is 8. The van der Waals surface area contributed by atoms with E-state index in [1.807, 2.05) is 43.3 Å². The van der Waals surface area contributed by atoms with E-state index in [4.69, 9.17) is 17.3 Å². The highest BCUT2D eigenvalue weighted by Crippen LogP contribution is 2.29. The van der Waals surface area contributed by atoms with Crippen molar-refractivity contribution in [2.24, 2.45) is 34.2 Å². The molecule has 0 bridgehead atoms. The van der Waals surface area contributed by atoms with Crippen molar-refractivity contribution < 1.29 is 19.2 Å². The van der Waals surface area contributed by atoms with E-state index in [1.54, 1.807) is 30.3 Å². The lowest BCUT2D eigenvalue weighted by molar-refractivity contribution is -0.130. The number of nitrogens with two attached hydrogens (primary N) is 3. The number of benzene rings is 3. The Morgan fingerprint density at radius 1 is 0.940 bits per heavy atom. The van der Waals surface area contributed by atoms with Crippen LogP contribution in [0.1, 0.15) is 65.6 Å². The first-order valence-electron chi connectivity index (χ1n) is 17.1. The Labute approximate surface area is 292 Å². The van der Waals surface area contributed by atoms with Crippen molar-refractivity contribution in [2.75, 3.05) is 18.4 Å². The third-order valence-electron chi connectivity index (χ3n) is 9.60. The summed E-state index contributed by atoms with van der Waals surface area (Å²) in [5.41, 5.74) is 19.2. The molecule has 0 spiro atoms. The predicted molar refractivity (Wildman–Crippen MR) is 193 cm³/mol. The third-order valence-corrected chi connectivity index (χ3v) is 9.60. The van der Waals surface area contributed by atoms with Crippen molar-refractivity contribution in [2.45, 2.75) is 64.0 Å². The Balaban J connectivity index is 1.30. The minimum Gasteiger partial charge on any atom is -0.382 e. The van der Waals surface area contributed by atoms with Crippen LogP contribution in [-0.4, -0.2) is 54.6 Å². The van der Waals surface area contributed by atoms with Gasteiger partial charge in [0.15, 0.2) is 5.84 Å². The van der Waals surface area contributed by atoms with E-state index in [1.165, 1.54) is 0 Å². The maximum absolute atomic E-state index is 13.7. The number of amidine groups is 1. The van der Waals surface area contributed by atoms with E-state index < -0.39 is 6.04 Å². The minimum atomic E-state index is -0.830. The number of amides is 4. The minimum absolute atomic E-state index is 0.0631. The van der Waals surface area contributed by atoms with Crippen molar-refractivity contribution >= 4 is 35.2 Å². The summed E-state index contributed by atoms with van der Waals surface area (Å²) in [5.74, 6) is 4.91. The highest BCUT2D eigenvalue weighted by atomic mass is 16.2. The molecule has 13 heteroatoms. The van der Waals surface area contributed by atoms with Gasteiger partial charge < -0.3 is 32.7 Å². The molecule has 1 saturated carbocycles. The quantitative estimate of drug-likeness (QED) is 0.0612. The van der Waals surface area contributed by atoms with Gasteiger partial charge in [0.05, 0.1) is 0 Å². The number of carbonyl (C=O) groups is 4. The number of rotatable bonds is 12. The Morgan fingerprint density at radius 2 is 1.64 bits per heavy atom. The number of hydrazone groups is 1. The molecule has 3 aromatic carbocycles. The van der Waals surface area contributed by atoms with Crippen LogP contribution in [0.15, 0.2) is 71.8 Å². The number of carbonyl (C=O) groups excluding carboxylic acids is 4. The molecule has 1 aliphatic heterocycles. The number of hydrazine groups is 1. The summed E-state index contributed by atoms with van der Waals surface area (Å²) >= 11 is 0. The average Bonchev–Trinajstić information content (AvgIpc) is 3.12. The van der Waals surface area contributed by atoms with E-state index in [9.17, 15) is 19.2 Å². The molecular formula is C37H47N9O4. The number of hydrogen-bond acceptors (Lipinski definition) is 8. The summed E-state index contributed by atoms with van der Waals surface area (Å²) in [6.45, 7) is 3.14. The Bertz CT molecular complexity index is 1700. The first kappa shape index (κ1) is 36.0. The van der Waals surface area contributed by atoms with Crippen molar-refractivity contribution in [3.63, 3.8) is 0 Å². The molecule has 2 aliphatic rings. The molecule has 0 aromatic heterocycles. The second kappa shape index (κ2) is 16.9. The number of anilines is 1. The van der Waals surface area contributed by atoms with Crippen molar-refractivity contribution in [3.8, 4) is 11.1 Å². The molecule has 1 saturated heterocycles. The van der Waals surface area contributed by atoms with Gasteiger partial charge in [-0.3, -0.25) is 19.2 Å². The summed E-state index contributed by atoms with van der Waals surface area (Å²) < 4.78 is 0. The van der Waals surface area contributed by atoms with Crippen molar-refractivity contribution in [1.29, 1.82) is 0 Å². The second-order valence-corrected chi connectivity index (χ2v) is 13.2. The fourth-order valence-electron chi connectivity index (χ4n) is 6.55. The van der Waals surface area contributed by atoms with Gasteiger partial charge in [0.1, 0.15) is 6.04 Å². The van der Waals surface area contributed by atoms with Crippen LogP contribution in [0.5, 0.6) is 0 Å². The highest BCUT2D eigenvalue weighted by molar-refractivity contribution is 6.00. The van der Waals surface area contributed by atoms with E-state index in [0.717, 1.165) is 47.9 Å². The van der Waals surface area contributed by atoms with Crippen LogP contribution in [0.4, 0.5) is 5.69 Å². The van der Waals surface area contributed by atoms with E-state index in [0.29, 0.717) is 42.2 Å². The van der Waals surface area contributed by atoms with E-state index in [2.05, 4.69) is 31.9 Å². The largest absolute Gasteiger partial charge is 0.382 e. The maximum atomic E-state index is 13.7. The van der Waals surface area contributed by atoms with Crippen LogP contribution < -0.4 is 44.1 Å². The normalized spacial score (nSPS) is 19.9. The van der Waals surface area contributed by atoms with Crippen LogP contribution in [0.25, 0.3) is 11.1 Å². The van der Waals surface area contributed by atoms with E-state index in [-0.39, 0.29) is 54.3 Å². The fourth-order valence-corrected chi connectivity index (χ4v) is 6.55. The first-order chi connectivity index (χ1) is 24.1. The molecule has 50 heavy (non-hydrogen) atoms. The zero-order valence-electron chi connectivity index (χ0n) is 28.3. The molecule has 1 aliphatic carbocycles. The van der Waals surface area contributed by atoms with Gasteiger partial charge in [0.2, 0.25) is 17.7 Å². The lowest BCUT2D eigenvalue weighted by Crippen LogP contribution is -2.48. The van der Waals surface area contributed by atoms with Gasteiger partial charge in [-0.25, -0.2) is 11.4 Å². The van der Waals surface area contributed by atoms with E-state index >= 15 is 0 Å². The standard InChI is InChI=1S/C37H47N9O4/c1-22-2-7-28(36(49)43-30-16-17-41-33(47)20-30)19-31(22)25-8-3-23(4-9-25)18-32(44-35(48)27-10-5-24(21-38)6-11-27)37(50)42-29-14-12-26(13-15-29)34(39)45-46-40/h2-4,7-9,12-15,19,24,27,30,32,46H,5-6,10-11,16-18,20-21,38,40H2,1H3,(H2,39,45)(H,41,47)(H,42,50)(H,43,49)(H,44,48)/t24?,27?,30?,32-/m0/s1. The molecule has 13 nitrogen and oxygen atoms in total. The lowest BCUT2D eigenvalue weighted by Gasteiger charge is -2.28. The smallest absolute Gasteiger partial charge is 0.251 e. The predicted octanol–water partition coefficient (Wildman–Crippen LogP) is 2.19. The van der Waals surface area contributed by atoms with Crippen LogP contribution >= 0.6 is 0 Å². The number of nitrogens with one attached hydrogen (secondary N) is 5. The van der Waals surface area contributed by atoms with Gasteiger partial charge in [-0.15, -0.1) is 5.10 Å². The van der Waals surface area contributed by atoms with Gasteiger partial charge in [-0.2, -0.15) is 0 Å². The highest BCUT2D eigenvalue weighted by Gasteiger charge is 2.29. The number of aryl methyl sites for hydroxylation is 1. The van der Waals surface area contributed by atoms with Gasteiger partial charge >= 0.3 is 0 Å². The molecule has 4 amide bonds. The molecule has 0 radical (unpaired) electrons. The molecule has 3 aromatic rings. The Hall–Kier alpha value is -5.27. The van der Waals surface area contributed by atoms with Crippen LogP contribution in [0.2, 0.25) is 0 Å². The second-order valence-electron chi connectivity index (χ2n) is 13.2. The van der Waals surface area contributed by atoms with Gasteiger partial charge in [0, 0.05) is 48.2 Å². The molecule has 2 atom stereocenters. The monoisotopic (exact) mass is 681 g/mol. The molecule has 2 fully saturated rings. The van der Waals surface area contributed by atoms with Gasteiger partial charge in [-0.05, 0) is 110 Å². The average molecular weight is 682 g/mol. The van der Waals surface area contributed by atoms with Crippen molar-refractivity contribution in [3.05, 3.63) is 89.0 Å². The van der Waals surface area contributed by atoms with Crippen LogP contribution in [0, 0.1) is 18.8 Å². The van der Waals surface area contributed by atoms with Crippen LogP contribution in [0.3, 0.4) is 0 Å². The summed E-state index contributed by atoms with van der Waals surface area (Å²) in [6.07, 6.45) is 4.50. The molecular weight excluding hydrogens is 634 g/mol. The molecule has 1 heterocycles. The third kappa shape index (κ3) is 9.45. The fraction of sp³-hybridized carbons (Fsp3) is 0.378. The Morgan fingerprint density at radius 3 is 2.30 bits per heavy atom.